The quantitative estimate of drug-likeness (QED) is 0.265. The highest BCUT2D eigenvalue weighted by atomic mass is 15.3. The van der Waals surface area contributed by atoms with Crippen molar-refractivity contribution in [3.05, 3.63) is 35.9 Å². The molecule has 0 radical (unpaired) electrons. The van der Waals surface area contributed by atoms with E-state index in [9.17, 15) is 0 Å². The summed E-state index contributed by atoms with van der Waals surface area (Å²) in [7, 11) is 4.81. The Morgan fingerprint density at radius 3 is 1.79 bits per heavy atom. The van der Waals surface area contributed by atoms with E-state index in [0.717, 1.165) is 4.48 Å². The number of unbranched alkanes of at least 4 members (excludes halogenated alkanes) is 9. The molecule has 0 bridgehead atoms. The molecule has 0 aliphatic rings. The maximum absolute atomic E-state index is 2.41. The van der Waals surface area contributed by atoms with E-state index >= 15 is 0 Å². The Hall–Kier alpha value is -0.820. The zero-order chi connectivity index (χ0) is 17.7. The molecule has 1 rings (SSSR count). The molecule has 138 valence electrons. The molecule has 0 amide bonds. The molecule has 0 spiro atoms. The summed E-state index contributed by atoms with van der Waals surface area (Å²) in [5, 5.41) is 0. The van der Waals surface area contributed by atoms with Gasteiger partial charge in [-0.3, -0.25) is 0 Å². The Kier molecular flexibility index (Phi) is 11.1. The predicted octanol–water partition coefficient (Wildman–Crippen LogP) is 6.61. The fourth-order valence-electron chi connectivity index (χ4n) is 3.43. The first kappa shape index (κ1) is 21.2. The first-order valence-corrected chi connectivity index (χ1v) is 10.4. The molecule has 1 atom stereocenters. The van der Waals surface area contributed by atoms with Crippen LogP contribution in [0.25, 0.3) is 0 Å². The normalized spacial score (nSPS) is 13.2. The van der Waals surface area contributed by atoms with Crippen molar-refractivity contribution in [1.29, 1.82) is 0 Å². The predicted molar refractivity (Wildman–Crippen MR) is 108 cm³/mol. The number of quaternary nitrogens is 1. The van der Waals surface area contributed by atoms with Crippen molar-refractivity contribution in [2.75, 3.05) is 20.6 Å². The van der Waals surface area contributed by atoms with Crippen LogP contribution in [0.15, 0.2) is 30.3 Å². The number of rotatable bonds is 14. The van der Waals surface area contributed by atoms with E-state index in [-0.39, 0.29) is 0 Å². The number of nitrogens with zero attached hydrogens (tertiary/aromatic N) is 1. The minimum atomic E-state index is 0.686. The lowest BCUT2D eigenvalue weighted by Gasteiger charge is -2.36. The third-order valence-electron chi connectivity index (χ3n) is 5.66. The Labute approximate surface area is 152 Å². The Balaban J connectivity index is 2.08. The van der Waals surface area contributed by atoms with Gasteiger partial charge >= 0.3 is 0 Å². The average molecular weight is 333 g/mol. The van der Waals surface area contributed by atoms with Gasteiger partial charge in [0, 0.05) is 6.42 Å². The van der Waals surface area contributed by atoms with E-state index in [4.69, 9.17) is 0 Å². The maximum atomic E-state index is 2.41. The van der Waals surface area contributed by atoms with Gasteiger partial charge in [0.25, 0.3) is 0 Å². The Morgan fingerprint density at radius 2 is 1.25 bits per heavy atom. The van der Waals surface area contributed by atoms with Gasteiger partial charge in [-0.2, -0.15) is 0 Å². The average Bonchev–Trinajstić information content (AvgIpc) is 2.57. The van der Waals surface area contributed by atoms with Gasteiger partial charge in [-0.25, -0.2) is 0 Å². The second kappa shape index (κ2) is 12.5. The van der Waals surface area contributed by atoms with Crippen LogP contribution in [0, 0.1) is 0 Å². The summed E-state index contributed by atoms with van der Waals surface area (Å²) in [6, 6.07) is 11.6. The second-order valence-corrected chi connectivity index (χ2v) is 8.22. The number of hydrogen-bond acceptors (Lipinski definition) is 0. The fourth-order valence-corrected chi connectivity index (χ4v) is 3.43. The Bertz CT molecular complexity index is 396. The summed E-state index contributed by atoms with van der Waals surface area (Å²) in [4.78, 5) is 0. The summed E-state index contributed by atoms with van der Waals surface area (Å²) in [6.07, 6.45) is 15.4. The third kappa shape index (κ3) is 9.47. The molecule has 1 heteroatoms. The van der Waals surface area contributed by atoms with E-state index in [1.165, 1.54) is 82.7 Å². The van der Waals surface area contributed by atoms with Crippen LogP contribution in [0.1, 0.15) is 83.6 Å². The summed E-state index contributed by atoms with van der Waals surface area (Å²) < 4.78 is 1.14. The molecule has 0 fully saturated rings. The van der Waals surface area contributed by atoms with Crippen LogP contribution in [-0.2, 0) is 6.42 Å². The molecule has 0 aliphatic heterocycles. The van der Waals surface area contributed by atoms with Crippen molar-refractivity contribution < 1.29 is 4.48 Å². The van der Waals surface area contributed by atoms with Crippen LogP contribution in [0.2, 0.25) is 0 Å². The van der Waals surface area contributed by atoms with E-state index in [0.29, 0.717) is 6.04 Å². The molecule has 0 heterocycles. The van der Waals surface area contributed by atoms with Crippen molar-refractivity contribution in [2.24, 2.45) is 0 Å². The monoisotopic (exact) mass is 332 g/mol. The molecule has 24 heavy (non-hydrogen) atoms. The largest absolute Gasteiger partial charge is 0.326 e. The smallest absolute Gasteiger partial charge is 0.0898 e. The van der Waals surface area contributed by atoms with E-state index in [2.05, 4.69) is 58.3 Å². The lowest BCUT2D eigenvalue weighted by atomic mass is 10.0. The third-order valence-corrected chi connectivity index (χ3v) is 5.66. The maximum Gasteiger partial charge on any atom is 0.0898 e. The van der Waals surface area contributed by atoms with Crippen LogP contribution in [0.4, 0.5) is 0 Å². The van der Waals surface area contributed by atoms with Crippen molar-refractivity contribution >= 4 is 0 Å². The Morgan fingerprint density at radius 1 is 0.750 bits per heavy atom. The minimum absolute atomic E-state index is 0.686. The molecular weight excluding hydrogens is 290 g/mol. The highest BCUT2D eigenvalue weighted by Crippen LogP contribution is 2.16. The van der Waals surface area contributed by atoms with Gasteiger partial charge in [-0.1, -0.05) is 88.6 Å². The van der Waals surface area contributed by atoms with Crippen molar-refractivity contribution in [3.8, 4) is 0 Å². The number of hydrogen-bond donors (Lipinski definition) is 0. The second-order valence-electron chi connectivity index (χ2n) is 8.22. The van der Waals surface area contributed by atoms with Gasteiger partial charge in [-0.05, 0) is 25.3 Å². The van der Waals surface area contributed by atoms with Crippen molar-refractivity contribution in [2.45, 2.75) is 90.5 Å². The molecule has 1 aromatic carbocycles. The zero-order valence-corrected chi connectivity index (χ0v) is 16.9. The first-order valence-electron chi connectivity index (χ1n) is 10.4. The standard InChI is InChI=1S/C23H42N/c1-5-6-7-8-9-10-11-12-13-17-20-24(3,4)22(2)21-23-18-15-14-16-19-23/h14-16,18-19,22H,5-13,17,20-21H2,1-4H3/q+1/t22-/m1/s1. The highest BCUT2D eigenvalue weighted by Gasteiger charge is 2.23. The molecule has 0 saturated carbocycles. The van der Waals surface area contributed by atoms with Crippen LogP contribution >= 0.6 is 0 Å². The van der Waals surface area contributed by atoms with Gasteiger partial charge in [0.2, 0.25) is 0 Å². The van der Waals surface area contributed by atoms with Crippen LogP contribution < -0.4 is 0 Å². The minimum Gasteiger partial charge on any atom is -0.326 e. The number of benzene rings is 1. The molecule has 1 nitrogen and oxygen atoms in total. The summed E-state index contributed by atoms with van der Waals surface area (Å²) in [5.41, 5.74) is 1.47. The lowest BCUT2D eigenvalue weighted by Crippen LogP contribution is -2.48. The first-order chi connectivity index (χ1) is 11.6. The molecule has 0 N–H and O–H groups in total. The SMILES string of the molecule is CCCCCCCCCCCC[N+](C)(C)[C@H](C)Cc1ccccc1. The highest BCUT2D eigenvalue weighted by molar-refractivity contribution is 5.15. The lowest BCUT2D eigenvalue weighted by molar-refractivity contribution is -0.913. The van der Waals surface area contributed by atoms with Crippen LogP contribution in [0.3, 0.4) is 0 Å². The summed E-state index contributed by atoms with van der Waals surface area (Å²) in [5.74, 6) is 0. The molecule has 0 aliphatic carbocycles. The van der Waals surface area contributed by atoms with Gasteiger partial charge in [0.15, 0.2) is 0 Å². The van der Waals surface area contributed by atoms with Crippen LogP contribution in [-0.4, -0.2) is 31.2 Å². The van der Waals surface area contributed by atoms with Gasteiger partial charge < -0.3 is 4.48 Å². The van der Waals surface area contributed by atoms with Gasteiger partial charge in [-0.15, -0.1) is 0 Å². The molecule has 0 saturated heterocycles. The fraction of sp³-hybridized carbons (Fsp3) is 0.739. The topological polar surface area (TPSA) is 0 Å². The van der Waals surface area contributed by atoms with E-state index in [1.54, 1.807) is 0 Å². The molecule has 0 unspecified atom stereocenters. The van der Waals surface area contributed by atoms with Crippen LogP contribution in [0.5, 0.6) is 0 Å². The molecule has 1 aromatic rings. The molecular formula is C23H42N+. The number of likely N-dealkylation sites (N-methyl/N-ethyl adjacent to an activating group) is 1. The summed E-state index contributed by atoms with van der Waals surface area (Å²) >= 11 is 0. The van der Waals surface area contributed by atoms with Gasteiger partial charge in [0.05, 0.1) is 26.7 Å². The summed E-state index contributed by atoms with van der Waals surface area (Å²) in [6.45, 7) is 6.01. The van der Waals surface area contributed by atoms with Gasteiger partial charge in [0.1, 0.15) is 0 Å². The van der Waals surface area contributed by atoms with E-state index in [1.807, 2.05) is 0 Å². The van der Waals surface area contributed by atoms with Crippen molar-refractivity contribution in [1.82, 2.24) is 0 Å². The van der Waals surface area contributed by atoms with Crippen molar-refractivity contribution in [3.63, 3.8) is 0 Å². The molecule has 0 aromatic heterocycles. The zero-order valence-electron chi connectivity index (χ0n) is 16.9. The van der Waals surface area contributed by atoms with E-state index < -0.39 is 0 Å².